The van der Waals surface area contributed by atoms with Crippen LogP contribution in [0.4, 0.5) is 0 Å². The first-order valence-electron chi connectivity index (χ1n) is 8.73. The zero-order chi connectivity index (χ0) is 15.1. The Morgan fingerprint density at radius 2 is 1.90 bits per heavy atom. The van der Waals surface area contributed by atoms with Crippen LogP contribution in [0, 0.1) is 5.92 Å². The molecule has 2 aliphatic rings. The smallest absolute Gasteiger partial charge is 0.185 e. The van der Waals surface area contributed by atoms with Gasteiger partial charge < -0.3 is 13.9 Å². The van der Waals surface area contributed by atoms with Crippen molar-refractivity contribution in [3.8, 4) is 0 Å². The van der Waals surface area contributed by atoms with Crippen molar-refractivity contribution < 1.29 is 9.05 Å². The van der Waals surface area contributed by atoms with Crippen LogP contribution in [0.3, 0.4) is 0 Å². The van der Waals surface area contributed by atoms with Gasteiger partial charge in [-0.15, -0.1) is 0 Å². The summed E-state index contributed by atoms with van der Waals surface area (Å²) >= 11 is 5.56. The number of hydrogen-bond donors (Lipinski definition) is 0. The second-order valence-corrected chi connectivity index (χ2v) is 10.7. The molecule has 0 spiro atoms. The van der Waals surface area contributed by atoms with Gasteiger partial charge in [-0.05, 0) is 62.9 Å². The van der Waals surface area contributed by atoms with Gasteiger partial charge in [0.2, 0.25) is 0 Å². The van der Waals surface area contributed by atoms with E-state index < -0.39 is 6.49 Å². The van der Waals surface area contributed by atoms with Gasteiger partial charge in [-0.2, -0.15) is 0 Å². The van der Waals surface area contributed by atoms with Crippen molar-refractivity contribution in [3.05, 3.63) is 0 Å². The Labute approximate surface area is 135 Å². The third-order valence-corrected chi connectivity index (χ3v) is 6.73. The van der Waals surface area contributed by atoms with Crippen LogP contribution < -0.4 is 0 Å². The van der Waals surface area contributed by atoms with Crippen molar-refractivity contribution in [2.45, 2.75) is 64.3 Å². The Kier molecular flexibility index (Phi) is 7.64. The summed E-state index contributed by atoms with van der Waals surface area (Å²) < 4.78 is 11.9. The normalized spacial score (nSPS) is 29.8. The van der Waals surface area contributed by atoms with Crippen LogP contribution in [-0.2, 0) is 20.9 Å². The molecular weight excluding hydrogens is 301 g/mol. The van der Waals surface area contributed by atoms with Crippen LogP contribution in [0.15, 0.2) is 0 Å². The molecule has 2 heterocycles. The van der Waals surface area contributed by atoms with Gasteiger partial charge in [0.05, 0.1) is 13.2 Å². The van der Waals surface area contributed by atoms with Crippen LogP contribution in [0.25, 0.3) is 0 Å². The van der Waals surface area contributed by atoms with E-state index >= 15 is 0 Å². The summed E-state index contributed by atoms with van der Waals surface area (Å²) in [6.07, 6.45) is 10.2. The number of rotatable bonds is 8. The van der Waals surface area contributed by atoms with E-state index in [0.29, 0.717) is 5.92 Å². The standard InChI is InChI=1S/C16H32NO2PS/c1-3-4-7-13-18-20(2,21)19-14-15-9-8-12-17-11-6-5-10-16(15)17/h15-16H,3-14H2,1-2H3/t15-,16-,20-/m1/s1. The summed E-state index contributed by atoms with van der Waals surface area (Å²) in [5, 5.41) is 0. The molecular formula is C16H32NO2PS. The number of hydrogen-bond acceptors (Lipinski definition) is 4. The van der Waals surface area contributed by atoms with Crippen LogP contribution in [-0.4, -0.2) is 43.9 Å². The first kappa shape index (κ1) is 17.9. The minimum Gasteiger partial charge on any atom is -0.329 e. The summed E-state index contributed by atoms with van der Waals surface area (Å²) in [7, 11) is 0. The van der Waals surface area contributed by atoms with Crippen molar-refractivity contribution in [2.75, 3.05) is 33.0 Å². The molecule has 3 nitrogen and oxygen atoms in total. The van der Waals surface area contributed by atoms with E-state index in [-0.39, 0.29) is 0 Å². The molecule has 0 unspecified atom stereocenters. The van der Waals surface area contributed by atoms with E-state index in [0.717, 1.165) is 25.7 Å². The summed E-state index contributed by atoms with van der Waals surface area (Å²) in [5.41, 5.74) is 0. The van der Waals surface area contributed by atoms with Crippen molar-refractivity contribution in [3.63, 3.8) is 0 Å². The Morgan fingerprint density at radius 1 is 1.10 bits per heavy atom. The van der Waals surface area contributed by atoms with Crippen LogP contribution in [0.2, 0.25) is 0 Å². The van der Waals surface area contributed by atoms with Crippen LogP contribution >= 0.6 is 6.49 Å². The minimum atomic E-state index is -2.03. The maximum atomic E-state index is 6.08. The first-order valence-corrected chi connectivity index (χ1v) is 11.8. The molecule has 21 heavy (non-hydrogen) atoms. The average molecular weight is 333 g/mol. The summed E-state index contributed by atoms with van der Waals surface area (Å²) in [4.78, 5) is 2.68. The third-order valence-electron chi connectivity index (χ3n) is 4.83. The molecule has 3 atom stereocenters. The van der Waals surface area contributed by atoms with Gasteiger partial charge in [-0.1, -0.05) is 26.2 Å². The fourth-order valence-corrected chi connectivity index (χ4v) is 5.03. The molecule has 124 valence electrons. The lowest BCUT2D eigenvalue weighted by atomic mass is 9.84. The van der Waals surface area contributed by atoms with Crippen molar-refractivity contribution in [2.24, 2.45) is 5.92 Å². The molecule has 2 saturated heterocycles. The Morgan fingerprint density at radius 3 is 2.71 bits per heavy atom. The average Bonchev–Trinajstić information content (AvgIpc) is 2.50. The maximum absolute atomic E-state index is 6.08. The molecule has 0 aromatic heterocycles. The minimum absolute atomic E-state index is 0.667. The first-order chi connectivity index (χ1) is 10.1. The van der Waals surface area contributed by atoms with E-state index in [1.807, 2.05) is 6.66 Å². The molecule has 0 amide bonds. The van der Waals surface area contributed by atoms with E-state index in [4.69, 9.17) is 20.9 Å². The molecule has 0 saturated carbocycles. The lowest BCUT2D eigenvalue weighted by Gasteiger charge is -2.44. The van der Waals surface area contributed by atoms with Crippen LogP contribution in [0.1, 0.15) is 58.3 Å². The largest absolute Gasteiger partial charge is 0.329 e. The zero-order valence-electron chi connectivity index (χ0n) is 13.8. The van der Waals surface area contributed by atoms with E-state index in [1.54, 1.807) is 0 Å². The predicted molar refractivity (Wildman–Crippen MR) is 93.6 cm³/mol. The number of nitrogens with zero attached hydrogens (tertiary/aromatic N) is 1. The number of unbranched alkanes of at least 4 members (excludes halogenated alkanes) is 2. The molecule has 0 aromatic rings. The fourth-order valence-electron chi connectivity index (χ4n) is 3.62. The fraction of sp³-hybridized carbons (Fsp3) is 1.00. The summed E-state index contributed by atoms with van der Waals surface area (Å²) in [6, 6.07) is 0.739. The van der Waals surface area contributed by atoms with Crippen molar-refractivity contribution in [1.29, 1.82) is 0 Å². The summed E-state index contributed by atoms with van der Waals surface area (Å²) in [6.45, 7) is 6.32. The highest BCUT2D eigenvalue weighted by Gasteiger charge is 2.33. The summed E-state index contributed by atoms with van der Waals surface area (Å²) in [5.74, 6) is 0.667. The maximum Gasteiger partial charge on any atom is 0.185 e. The van der Waals surface area contributed by atoms with E-state index in [1.165, 1.54) is 58.0 Å². The Balaban J connectivity index is 1.74. The van der Waals surface area contributed by atoms with Gasteiger partial charge in [0, 0.05) is 12.7 Å². The van der Waals surface area contributed by atoms with E-state index in [9.17, 15) is 0 Å². The number of fused-ring (bicyclic) bond motifs is 1. The third kappa shape index (κ3) is 5.91. The van der Waals surface area contributed by atoms with Crippen molar-refractivity contribution >= 4 is 18.3 Å². The van der Waals surface area contributed by atoms with Gasteiger partial charge in [0.25, 0.3) is 0 Å². The van der Waals surface area contributed by atoms with Crippen LogP contribution in [0.5, 0.6) is 0 Å². The van der Waals surface area contributed by atoms with Gasteiger partial charge in [-0.3, -0.25) is 0 Å². The van der Waals surface area contributed by atoms with Gasteiger partial charge in [0.15, 0.2) is 6.49 Å². The highest BCUT2D eigenvalue weighted by Crippen LogP contribution is 2.46. The monoisotopic (exact) mass is 333 g/mol. The Hall–Kier alpha value is 0.530. The molecule has 0 bridgehead atoms. The highest BCUT2D eigenvalue weighted by molar-refractivity contribution is 8.09. The molecule has 0 aromatic carbocycles. The molecule has 2 fully saturated rings. The topological polar surface area (TPSA) is 21.7 Å². The predicted octanol–water partition coefficient (Wildman–Crippen LogP) is 4.41. The van der Waals surface area contributed by atoms with Gasteiger partial charge in [0.1, 0.15) is 0 Å². The van der Waals surface area contributed by atoms with E-state index in [2.05, 4.69) is 11.8 Å². The molecule has 2 aliphatic heterocycles. The molecule has 5 heteroatoms. The Bertz CT molecular complexity index is 351. The number of piperidine rings is 2. The van der Waals surface area contributed by atoms with Gasteiger partial charge in [-0.25, -0.2) is 0 Å². The second-order valence-electron chi connectivity index (χ2n) is 6.61. The molecule has 0 aliphatic carbocycles. The SMILES string of the molecule is CCCCCO[P@@](C)(=S)OC[C@H]1CCCN2CCCC[C@H]12. The molecule has 0 N–H and O–H groups in total. The highest BCUT2D eigenvalue weighted by atomic mass is 32.5. The van der Waals surface area contributed by atoms with Gasteiger partial charge >= 0.3 is 0 Å². The molecule has 0 radical (unpaired) electrons. The van der Waals surface area contributed by atoms with Crippen molar-refractivity contribution in [1.82, 2.24) is 4.90 Å². The lowest BCUT2D eigenvalue weighted by molar-refractivity contribution is 0.0358. The molecule has 2 rings (SSSR count). The lowest BCUT2D eigenvalue weighted by Crippen LogP contribution is -2.49. The quantitative estimate of drug-likeness (QED) is 0.484. The zero-order valence-corrected chi connectivity index (χ0v) is 15.5. The second kappa shape index (κ2) is 8.98.